The van der Waals surface area contributed by atoms with E-state index in [1.54, 1.807) is 20.8 Å². The number of nitrogens with zero attached hydrogens (tertiary/aromatic N) is 1. The summed E-state index contributed by atoms with van der Waals surface area (Å²) in [6.07, 6.45) is -0.534. The van der Waals surface area contributed by atoms with Gasteiger partial charge < -0.3 is 19.3 Å². The van der Waals surface area contributed by atoms with Crippen molar-refractivity contribution in [2.24, 2.45) is 0 Å². The Morgan fingerprint density at radius 1 is 1.35 bits per heavy atom. The van der Waals surface area contributed by atoms with Crippen LogP contribution in [0.15, 0.2) is 0 Å². The third kappa shape index (κ3) is 4.64. The summed E-state index contributed by atoms with van der Waals surface area (Å²) in [4.78, 5) is 25.2. The highest BCUT2D eigenvalue weighted by atomic mass is 16.6. The topological polar surface area (TPSA) is 85.3 Å². The Morgan fingerprint density at radius 2 is 2.00 bits per heavy atom. The lowest BCUT2D eigenvalue weighted by Crippen LogP contribution is -2.44. The van der Waals surface area contributed by atoms with Crippen molar-refractivity contribution in [3.8, 4) is 0 Å². The zero-order chi connectivity index (χ0) is 15.3. The Kier molecular flexibility index (Phi) is 5.76. The maximum atomic E-state index is 12.1. The Labute approximate surface area is 118 Å². The minimum Gasteiger partial charge on any atom is -0.467 e. The van der Waals surface area contributed by atoms with Gasteiger partial charge in [0.25, 0.3) is 0 Å². The average Bonchev–Trinajstić information content (AvgIpc) is 2.77. The molecule has 0 aromatic rings. The summed E-state index contributed by atoms with van der Waals surface area (Å²) < 4.78 is 15.4. The van der Waals surface area contributed by atoms with Crippen molar-refractivity contribution in [1.82, 2.24) is 4.90 Å². The van der Waals surface area contributed by atoms with E-state index in [2.05, 4.69) is 0 Å². The molecule has 1 amide bonds. The molecule has 0 saturated carbocycles. The molecule has 1 fully saturated rings. The van der Waals surface area contributed by atoms with Gasteiger partial charge in [0.05, 0.1) is 33.0 Å². The second-order valence-corrected chi connectivity index (χ2v) is 5.62. The van der Waals surface area contributed by atoms with Gasteiger partial charge in [-0.05, 0) is 20.8 Å². The van der Waals surface area contributed by atoms with Crippen LogP contribution in [-0.2, 0) is 19.0 Å². The van der Waals surface area contributed by atoms with Gasteiger partial charge in [0, 0.05) is 6.42 Å². The normalized spacial score (nSPS) is 22.8. The van der Waals surface area contributed by atoms with Crippen LogP contribution in [-0.4, -0.2) is 66.7 Å². The molecule has 2 atom stereocenters. The third-order valence-corrected chi connectivity index (χ3v) is 2.81. The minimum atomic E-state index is -0.710. The van der Waals surface area contributed by atoms with Crippen LogP contribution >= 0.6 is 0 Å². The lowest BCUT2D eigenvalue weighted by atomic mass is 10.2. The van der Waals surface area contributed by atoms with E-state index in [1.165, 1.54) is 12.0 Å². The van der Waals surface area contributed by atoms with Crippen molar-refractivity contribution in [2.45, 2.75) is 44.9 Å². The molecule has 0 aliphatic carbocycles. The van der Waals surface area contributed by atoms with Gasteiger partial charge in [0.1, 0.15) is 11.6 Å². The molecule has 7 heteroatoms. The first-order chi connectivity index (χ1) is 9.28. The molecule has 0 bridgehead atoms. The number of esters is 1. The van der Waals surface area contributed by atoms with Gasteiger partial charge in [-0.15, -0.1) is 0 Å². The number of hydrogen-bond donors (Lipinski definition) is 1. The molecule has 1 N–H and O–H groups in total. The summed E-state index contributed by atoms with van der Waals surface area (Å²) in [5.41, 5.74) is -0.637. The Bertz CT molecular complexity index is 351. The molecule has 1 aliphatic rings. The second-order valence-electron chi connectivity index (χ2n) is 5.62. The van der Waals surface area contributed by atoms with Gasteiger partial charge in [-0.2, -0.15) is 0 Å². The van der Waals surface area contributed by atoms with Crippen LogP contribution in [0, 0.1) is 0 Å². The quantitative estimate of drug-likeness (QED) is 0.761. The van der Waals surface area contributed by atoms with E-state index in [0.29, 0.717) is 6.42 Å². The highest BCUT2D eigenvalue weighted by Crippen LogP contribution is 2.24. The van der Waals surface area contributed by atoms with Crippen LogP contribution in [0.3, 0.4) is 0 Å². The van der Waals surface area contributed by atoms with Gasteiger partial charge in [-0.25, -0.2) is 9.59 Å². The fraction of sp³-hybridized carbons (Fsp3) is 0.846. The van der Waals surface area contributed by atoms with E-state index in [4.69, 9.17) is 19.3 Å². The lowest BCUT2D eigenvalue weighted by molar-refractivity contribution is -0.145. The van der Waals surface area contributed by atoms with Gasteiger partial charge in [0.2, 0.25) is 0 Å². The standard InChI is InChI=1S/C13H23NO6/c1-13(2,3)20-12(17)14-8-9(19-6-5-15)7-10(14)11(16)18-4/h9-10,15H,5-8H2,1-4H3. The summed E-state index contributed by atoms with van der Waals surface area (Å²) in [6.45, 7) is 5.58. The lowest BCUT2D eigenvalue weighted by Gasteiger charge is -2.27. The molecule has 1 rings (SSSR count). The first-order valence-corrected chi connectivity index (χ1v) is 6.58. The van der Waals surface area contributed by atoms with E-state index in [1.807, 2.05) is 0 Å². The van der Waals surface area contributed by atoms with Crippen LogP contribution < -0.4 is 0 Å². The number of carbonyl (C=O) groups excluding carboxylic acids is 2. The van der Waals surface area contributed by atoms with Crippen molar-refractivity contribution in [1.29, 1.82) is 0 Å². The molecule has 0 spiro atoms. The SMILES string of the molecule is COC(=O)C1CC(OCCO)CN1C(=O)OC(C)(C)C. The third-order valence-electron chi connectivity index (χ3n) is 2.81. The van der Waals surface area contributed by atoms with E-state index in [9.17, 15) is 9.59 Å². The van der Waals surface area contributed by atoms with Gasteiger partial charge in [0.15, 0.2) is 0 Å². The molecule has 0 aromatic heterocycles. The zero-order valence-corrected chi connectivity index (χ0v) is 12.4. The molecular weight excluding hydrogens is 266 g/mol. The van der Waals surface area contributed by atoms with Crippen LogP contribution in [0.4, 0.5) is 4.79 Å². The van der Waals surface area contributed by atoms with Gasteiger partial charge in [-0.1, -0.05) is 0 Å². The van der Waals surface area contributed by atoms with Crippen molar-refractivity contribution < 1.29 is 28.9 Å². The number of carbonyl (C=O) groups is 2. The number of aliphatic hydroxyl groups excluding tert-OH is 1. The second kappa shape index (κ2) is 6.90. The molecule has 7 nitrogen and oxygen atoms in total. The summed E-state index contributed by atoms with van der Waals surface area (Å²) in [7, 11) is 1.28. The van der Waals surface area contributed by atoms with Gasteiger partial charge >= 0.3 is 12.1 Å². The fourth-order valence-corrected chi connectivity index (χ4v) is 2.02. The number of rotatable bonds is 4. The van der Waals surface area contributed by atoms with Crippen molar-refractivity contribution >= 4 is 12.1 Å². The highest BCUT2D eigenvalue weighted by Gasteiger charge is 2.42. The molecule has 2 unspecified atom stereocenters. The Morgan fingerprint density at radius 3 is 2.50 bits per heavy atom. The van der Waals surface area contributed by atoms with E-state index < -0.39 is 23.7 Å². The number of hydrogen-bond acceptors (Lipinski definition) is 6. The van der Waals surface area contributed by atoms with Crippen LogP contribution in [0.1, 0.15) is 27.2 Å². The summed E-state index contributed by atoms with van der Waals surface area (Å²) in [5.74, 6) is -0.494. The van der Waals surface area contributed by atoms with Crippen LogP contribution in [0.2, 0.25) is 0 Å². The molecule has 116 valence electrons. The minimum absolute atomic E-state index is 0.105. The number of likely N-dealkylation sites (tertiary alicyclic amines) is 1. The van der Waals surface area contributed by atoms with Crippen molar-refractivity contribution in [2.75, 3.05) is 26.9 Å². The highest BCUT2D eigenvalue weighted by molar-refractivity contribution is 5.82. The average molecular weight is 289 g/mol. The molecule has 1 aliphatic heterocycles. The molecule has 1 saturated heterocycles. The molecule has 0 radical (unpaired) electrons. The molecule has 0 aromatic carbocycles. The predicted molar refractivity (Wildman–Crippen MR) is 70.2 cm³/mol. The number of amides is 1. The molecular formula is C13H23NO6. The number of aliphatic hydroxyl groups is 1. The zero-order valence-electron chi connectivity index (χ0n) is 12.4. The first kappa shape index (κ1) is 16.7. The number of methoxy groups -OCH3 is 1. The van der Waals surface area contributed by atoms with E-state index in [0.717, 1.165) is 0 Å². The maximum absolute atomic E-state index is 12.1. The fourth-order valence-electron chi connectivity index (χ4n) is 2.02. The van der Waals surface area contributed by atoms with Crippen molar-refractivity contribution in [3.63, 3.8) is 0 Å². The van der Waals surface area contributed by atoms with E-state index in [-0.39, 0.29) is 25.9 Å². The van der Waals surface area contributed by atoms with Crippen LogP contribution in [0.25, 0.3) is 0 Å². The Balaban J connectivity index is 2.73. The first-order valence-electron chi connectivity index (χ1n) is 6.58. The van der Waals surface area contributed by atoms with E-state index >= 15 is 0 Å². The predicted octanol–water partition coefficient (Wildman–Crippen LogP) is 0.546. The van der Waals surface area contributed by atoms with Crippen LogP contribution in [0.5, 0.6) is 0 Å². The summed E-state index contributed by atoms with van der Waals surface area (Å²) >= 11 is 0. The summed E-state index contributed by atoms with van der Waals surface area (Å²) in [6, 6.07) is -0.710. The smallest absolute Gasteiger partial charge is 0.411 e. The van der Waals surface area contributed by atoms with Gasteiger partial charge in [-0.3, -0.25) is 4.90 Å². The van der Waals surface area contributed by atoms with Crippen molar-refractivity contribution in [3.05, 3.63) is 0 Å². The maximum Gasteiger partial charge on any atom is 0.411 e. The number of ether oxygens (including phenoxy) is 3. The molecule has 1 heterocycles. The monoisotopic (exact) mass is 289 g/mol. The Hall–Kier alpha value is -1.34. The summed E-state index contributed by atoms with van der Waals surface area (Å²) in [5, 5.41) is 8.75. The molecule has 20 heavy (non-hydrogen) atoms. The largest absolute Gasteiger partial charge is 0.467 e.